The smallest absolute Gasteiger partial charge is 0.243 e. The van der Waals surface area contributed by atoms with Crippen LogP contribution in [-0.2, 0) is 24.3 Å². The summed E-state index contributed by atoms with van der Waals surface area (Å²) in [6, 6.07) is 17.8. The minimum Gasteiger partial charge on any atom is -0.390 e. The molecule has 0 spiro atoms. The van der Waals surface area contributed by atoms with Gasteiger partial charge in [0.2, 0.25) is 11.7 Å². The fourth-order valence-electron chi connectivity index (χ4n) is 4.22. The summed E-state index contributed by atoms with van der Waals surface area (Å²) in [5, 5.41) is 29.2. The lowest BCUT2D eigenvalue weighted by molar-refractivity contribution is -0.123. The number of halogens is 2. The summed E-state index contributed by atoms with van der Waals surface area (Å²) in [7, 11) is 0. The van der Waals surface area contributed by atoms with E-state index in [4.69, 9.17) is 0 Å². The Bertz CT molecular complexity index is 1370. The maximum Gasteiger partial charge on any atom is 0.243 e. The molecule has 0 unspecified atom stereocenters. The molecule has 10 heteroatoms. The summed E-state index contributed by atoms with van der Waals surface area (Å²) in [6.45, 7) is 4.34. The quantitative estimate of drug-likeness (QED) is 0.281. The number of aliphatic hydroxyl groups is 1. The van der Waals surface area contributed by atoms with E-state index in [2.05, 4.69) is 26.0 Å². The fourth-order valence-corrected chi connectivity index (χ4v) is 4.22. The zero-order valence-corrected chi connectivity index (χ0v) is 21.2. The Hall–Kier alpha value is -4.02. The van der Waals surface area contributed by atoms with E-state index in [1.165, 1.54) is 16.9 Å². The normalized spacial score (nSPS) is 12.8. The van der Waals surface area contributed by atoms with Crippen LogP contribution in [0, 0.1) is 25.5 Å². The van der Waals surface area contributed by atoms with E-state index in [1.807, 2.05) is 62.4 Å². The second-order valence-corrected chi connectivity index (χ2v) is 9.30. The molecule has 0 radical (unpaired) electrons. The van der Waals surface area contributed by atoms with Gasteiger partial charge in [0, 0.05) is 24.7 Å². The van der Waals surface area contributed by atoms with Gasteiger partial charge < -0.3 is 15.7 Å². The van der Waals surface area contributed by atoms with Gasteiger partial charge in [0.1, 0.15) is 18.2 Å². The van der Waals surface area contributed by atoms with E-state index in [1.54, 1.807) is 0 Å². The highest BCUT2D eigenvalue weighted by Crippen LogP contribution is 2.18. The molecule has 198 valence electrons. The molecule has 3 N–H and O–H groups in total. The predicted octanol–water partition coefficient (Wildman–Crippen LogP) is 3.11. The van der Waals surface area contributed by atoms with E-state index < -0.39 is 29.7 Å². The molecule has 0 saturated heterocycles. The topological polar surface area (TPSA) is 105 Å². The van der Waals surface area contributed by atoms with Crippen molar-refractivity contribution in [3.05, 3.63) is 101 Å². The molecule has 4 rings (SSSR count). The molecular weight excluding hydrogens is 490 g/mol. The van der Waals surface area contributed by atoms with Crippen LogP contribution < -0.4 is 10.6 Å². The van der Waals surface area contributed by atoms with Gasteiger partial charge in [-0.05, 0) is 54.3 Å². The average Bonchev–Trinajstić information content (AvgIpc) is 3.31. The summed E-state index contributed by atoms with van der Waals surface area (Å²) < 4.78 is 27.6. The van der Waals surface area contributed by atoms with E-state index in [0.717, 1.165) is 28.3 Å². The van der Waals surface area contributed by atoms with Crippen LogP contribution in [0.4, 0.5) is 8.78 Å². The number of aromatic nitrogens is 4. The highest BCUT2D eigenvalue weighted by atomic mass is 19.1. The first-order valence-electron chi connectivity index (χ1n) is 12.3. The fraction of sp³-hybridized carbons (Fsp3) is 0.286. The van der Waals surface area contributed by atoms with Crippen molar-refractivity contribution in [2.24, 2.45) is 0 Å². The molecule has 0 aliphatic carbocycles. The van der Waals surface area contributed by atoms with E-state index >= 15 is 0 Å². The van der Waals surface area contributed by atoms with Gasteiger partial charge >= 0.3 is 0 Å². The summed E-state index contributed by atoms with van der Waals surface area (Å²) >= 11 is 0. The molecule has 0 aliphatic rings. The summed E-state index contributed by atoms with van der Waals surface area (Å²) in [4.78, 5) is 14.0. The molecule has 0 fully saturated rings. The number of nitrogens with zero attached hydrogens (tertiary/aromatic N) is 4. The van der Waals surface area contributed by atoms with Crippen molar-refractivity contribution < 1.29 is 18.7 Å². The third-order valence-electron chi connectivity index (χ3n) is 6.08. The van der Waals surface area contributed by atoms with Crippen LogP contribution >= 0.6 is 0 Å². The Morgan fingerprint density at radius 3 is 2.50 bits per heavy atom. The van der Waals surface area contributed by atoms with Crippen LogP contribution in [0.15, 0.2) is 66.7 Å². The first-order valence-corrected chi connectivity index (χ1v) is 12.3. The summed E-state index contributed by atoms with van der Waals surface area (Å²) in [5.41, 5.74) is 4.26. The first kappa shape index (κ1) is 27.0. The highest BCUT2D eigenvalue weighted by molar-refractivity contribution is 5.76. The lowest BCUT2D eigenvalue weighted by Gasteiger charge is -2.25. The van der Waals surface area contributed by atoms with Gasteiger partial charge in [-0.3, -0.25) is 4.79 Å². The van der Waals surface area contributed by atoms with Gasteiger partial charge in [-0.1, -0.05) is 54.1 Å². The highest BCUT2D eigenvalue weighted by Gasteiger charge is 2.23. The van der Waals surface area contributed by atoms with Crippen molar-refractivity contribution in [3.8, 4) is 11.4 Å². The number of amides is 1. The van der Waals surface area contributed by atoms with Crippen LogP contribution in [-0.4, -0.2) is 49.9 Å². The monoisotopic (exact) mass is 520 g/mol. The molecular formula is C28H30F2N6O2. The number of carbonyl (C=O) groups excluding carboxylic acids is 1. The number of hydrogen-bond acceptors (Lipinski definition) is 6. The van der Waals surface area contributed by atoms with Crippen molar-refractivity contribution in [1.29, 1.82) is 0 Å². The van der Waals surface area contributed by atoms with E-state index in [9.17, 15) is 18.7 Å². The second kappa shape index (κ2) is 12.5. The number of nitrogens with one attached hydrogen (secondary N) is 2. The molecule has 0 saturated carbocycles. The third kappa shape index (κ3) is 7.50. The third-order valence-corrected chi connectivity index (χ3v) is 6.08. The van der Waals surface area contributed by atoms with Crippen molar-refractivity contribution in [2.45, 2.75) is 45.5 Å². The minimum absolute atomic E-state index is 0.0208. The Labute approximate surface area is 219 Å². The molecule has 38 heavy (non-hydrogen) atoms. The van der Waals surface area contributed by atoms with Crippen molar-refractivity contribution in [1.82, 2.24) is 30.8 Å². The molecule has 1 heterocycles. The molecule has 8 nitrogen and oxygen atoms in total. The largest absolute Gasteiger partial charge is 0.390 e. The van der Waals surface area contributed by atoms with Gasteiger partial charge in [0.15, 0.2) is 0 Å². The number of carbonyl (C=O) groups is 1. The van der Waals surface area contributed by atoms with Crippen LogP contribution in [0.5, 0.6) is 0 Å². The predicted molar refractivity (Wildman–Crippen MR) is 139 cm³/mol. The Morgan fingerprint density at radius 1 is 1.00 bits per heavy atom. The molecule has 2 atom stereocenters. The van der Waals surface area contributed by atoms with Crippen molar-refractivity contribution >= 4 is 5.91 Å². The lowest BCUT2D eigenvalue weighted by atomic mass is 10.0. The zero-order chi connectivity index (χ0) is 27.1. The molecule has 0 bridgehead atoms. The minimum atomic E-state index is -1.04. The van der Waals surface area contributed by atoms with Gasteiger partial charge in [-0.15, -0.1) is 10.2 Å². The molecule has 3 aromatic carbocycles. The number of aryl methyl sites for hydroxylation is 2. The van der Waals surface area contributed by atoms with Crippen molar-refractivity contribution in [2.75, 3.05) is 6.54 Å². The van der Waals surface area contributed by atoms with Crippen LogP contribution in [0.3, 0.4) is 0 Å². The zero-order valence-electron chi connectivity index (χ0n) is 21.2. The number of tetrazole rings is 1. The standard InChI is InChI=1S/C28H30F2N6O2/c1-18-6-5-8-20(10-18)15-31-16-26(37)25(13-21-11-22(29)14-23(30)12-21)32-27(38)17-36-34-28(33-35-36)24-9-4-3-7-19(24)2/h3-12,14,25-26,31,37H,13,15-17H2,1-2H3,(H,32,38)/t25-,26+/m0/s1. The van der Waals surface area contributed by atoms with E-state index in [0.29, 0.717) is 17.9 Å². The Morgan fingerprint density at radius 2 is 1.76 bits per heavy atom. The summed E-state index contributed by atoms with van der Waals surface area (Å²) in [5.74, 6) is -1.54. The lowest BCUT2D eigenvalue weighted by Crippen LogP contribution is -2.49. The number of aliphatic hydroxyl groups excluding tert-OH is 1. The van der Waals surface area contributed by atoms with Crippen LogP contribution in [0.25, 0.3) is 11.4 Å². The summed E-state index contributed by atoms with van der Waals surface area (Å²) in [6.07, 6.45) is -1.02. The average molecular weight is 521 g/mol. The number of rotatable bonds is 11. The number of benzene rings is 3. The first-order chi connectivity index (χ1) is 18.3. The SMILES string of the molecule is Cc1cccc(CNC[C@@H](O)[C@H](Cc2cc(F)cc(F)c2)NC(=O)Cn2nnc(-c3ccccc3C)n2)c1. The van der Waals surface area contributed by atoms with Crippen molar-refractivity contribution in [3.63, 3.8) is 0 Å². The van der Waals surface area contributed by atoms with Gasteiger partial charge in [0.05, 0.1) is 12.1 Å². The van der Waals surface area contributed by atoms with Crippen LogP contribution in [0.2, 0.25) is 0 Å². The van der Waals surface area contributed by atoms with Gasteiger partial charge in [0.25, 0.3) is 0 Å². The number of hydrogen-bond donors (Lipinski definition) is 3. The second-order valence-electron chi connectivity index (χ2n) is 9.30. The molecule has 0 aliphatic heterocycles. The Balaban J connectivity index is 1.43. The molecule has 1 aromatic heterocycles. The maximum atomic E-state index is 13.8. The van der Waals surface area contributed by atoms with E-state index in [-0.39, 0.29) is 19.5 Å². The van der Waals surface area contributed by atoms with Gasteiger partial charge in [-0.2, -0.15) is 4.80 Å². The van der Waals surface area contributed by atoms with Crippen LogP contribution in [0.1, 0.15) is 22.3 Å². The molecule has 4 aromatic rings. The maximum absolute atomic E-state index is 13.8. The Kier molecular flexibility index (Phi) is 8.88. The van der Waals surface area contributed by atoms with Gasteiger partial charge in [-0.25, -0.2) is 8.78 Å². The molecule has 1 amide bonds.